The van der Waals surface area contributed by atoms with E-state index in [4.69, 9.17) is 9.47 Å². The maximum Gasteiger partial charge on any atom is 0.191 e. The maximum atomic E-state index is 13.8. The molecule has 2 rings (SSSR count). The van der Waals surface area contributed by atoms with Gasteiger partial charge in [-0.05, 0) is 31.4 Å². The number of halogens is 3. The lowest BCUT2D eigenvalue weighted by Crippen LogP contribution is -2.38. The normalized spacial score (nSPS) is 18.1. The Bertz CT molecular complexity index is 584. The van der Waals surface area contributed by atoms with Crippen LogP contribution in [0.5, 0.6) is 0 Å². The van der Waals surface area contributed by atoms with Crippen molar-refractivity contribution in [3.63, 3.8) is 0 Å². The predicted molar refractivity (Wildman–Crippen MR) is 114 cm³/mol. The van der Waals surface area contributed by atoms with Crippen LogP contribution in [0.3, 0.4) is 0 Å². The minimum Gasteiger partial charge on any atom is -0.379 e. The SMILES string of the molecule is CCNC(=NCC(C)c1ccc(F)cc1F)NCCCOC1CCOC1.I. The Labute approximate surface area is 177 Å². The van der Waals surface area contributed by atoms with E-state index in [0.29, 0.717) is 31.3 Å². The first-order valence-electron chi connectivity index (χ1n) is 9.26. The van der Waals surface area contributed by atoms with Crippen molar-refractivity contribution in [2.24, 2.45) is 4.99 Å². The van der Waals surface area contributed by atoms with Crippen LogP contribution in [0.25, 0.3) is 0 Å². The standard InChI is InChI=1S/C19H29F2N3O2.HI/c1-3-22-19(23-8-4-9-26-16-7-10-25-13-16)24-12-14(2)17-6-5-15(20)11-18(17)21;/h5-6,11,14,16H,3-4,7-10,12-13H2,1-2H3,(H2,22,23,24);1H. The van der Waals surface area contributed by atoms with Crippen LogP contribution in [0.1, 0.15) is 38.2 Å². The average molecular weight is 497 g/mol. The van der Waals surface area contributed by atoms with E-state index in [2.05, 4.69) is 15.6 Å². The Balaban J connectivity index is 0.00000364. The molecule has 27 heavy (non-hydrogen) atoms. The molecule has 8 heteroatoms. The second kappa shape index (κ2) is 13.2. The number of rotatable bonds is 9. The first-order chi connectivity index (χ1) is 12.6. The number of guanidine groups is 1. The third kappa shape index (κ3) is 8.69. The topological polar surface area (TPSA) is 54.9 Å². The molecule has 0 aliphatic carbocycles. The molecule has 1 fully saturated rings. The minimum absolute atomic E-state index is 0. The van der Waals surface area contributed by atoms with Gasteiger partial charge in [0.2, 0.25) is 0 Å². The van der Waals surface area contributed by atoms with Crippen molar-refractivity contribution < 1.29 is 18.3 Å². The highest BCUT2D eigenvalue weighted by atomic mass is 127. The largest absolute Gasteiger partial charge is 0.379 e. The fourth-order valence-electron chi connectivity index (χ4n) is 2.74. The summed E-state index contributed by atoms with van der Waals surface area (Å²) in [4.78, 5) is 4.50. The summed E-state index contributed by atoms with van der Waals surface area (Å²) in [6, 6.07) is 3.67. The molecule has 1 aliphatic rings. The molecule has 1 heterocycles. The zero-order valence-electron chi connectivity index (χ0n) is 16.0. The van der Waals surface area contributed by atoms with Crippen LogP contribution < -0.4 is 10.6 Å². The van der Waals surface area contributed by atoms with Crippen LogP contribution in [-0.2, 0) is 9.47 Å². The van der Waals surface area contributed by atoms with Gasteiger partial charge < -0.3 is 20.1 Å². The molecule has 0 bridgehead atoms. The van der Waals surface area contributed by atoms with Crippen LogP contribution in [-0.4, -0.2) is 51.5 Å². The van der Waals surface area contributed by atoms with Crippen molar-refractivity contribution >= 4 is 29.9 Å². The smallest absolute Gasteiger partial charge is 0.191 e. The summed E-state index contributed by atoms with van der Waals surface area (Å²) in [5, 5.41) is 6.42. The molecule has 2 atom stereocenters. The predicted octanol–water partition coefficient (Wildman–Crippen LogP) is 3.44. The molecule has 0 aromatic heterocycles. The number of hydrogen-bond donors (Lipinski definition) is 2. The third-order valence-corrected chi connectivity index (χ3v) is 4.22. The van der Waals surface area contributed by atoms with Crippen molar-refractivity contribution in [3.8, 4) is 0 Å². The zero-order chi connectivity index (χ0) is 18.8. The second-order valence-electron chi connectivity index (χ2n) is 6.42. The second-order valence-corrected chi connectivity index (χ2v) is 6.42. The molecule has 2 N–H and O–H groups in total. The van der Waals surface area contributed by atoms with E-state index in [1.54, 1.807) is 0 Å². The molecule has 1 aliphatic heterocycles. The van der Waals surface area contributed by atoms with Gasteiger partial charge >= 0.3 is 0 Å². The Hall–Kier alpha value is -1.00. The molecular formula is C19H30F2IN3O2. The molecule has 1 aromatic carbocycles. The lowest BCUT2D eigenvalue weighted by atomic mass is 10.0. The van der Waals surface area contributed by atoms with Gasteiger partial charge in [-0.15, -0.1) is 24.0 Å². The summed E-state index contributed by atoms with van der Waals surface area (Å²) in [7, 11) is 0. The van der Waals surface area contributed by atoms with Crippen LogP contribution in [0, 0.1) is 11.6 Å². The molecule has 5 nitrogen and oxygen atoms in total. The van der Waals surface area contributed by atoms with Crippen molar-refractivity contribution in [3.05, 3.63) is 35.4 Å². The minimum atomic E-state index is -0.566. The van der Waals surface area contributed by atoms with Crippen LogP contribution in [0.2, 0.25) is 0 Å². The van der Waals surface area contributed by atoms with E-state index in [9.17, 15) is 8.78 Å². The molecule has 1 saturated heterocycles. The van der Waals surface area contributed by atoms with Crippen molar-refractivity contribution in [2.75, 3.05) is 39.5 Å². The number of nitrogens with zero attached hydrogens (tertiary/aromatic N) is 1. The van der Waals surface area contributed by atoms with E-state index in [1.165, 1.54) is 12.1 Å². The van der Waals surface area contributed by atoms with Crippen molar-refractivity contribution in [1.29, 1.82) is 0 Å². The Morgan fingerprint density at radius 2 is 2.19 bits per heavy atom. The number of ether oxygens (including phenoxy) is 2. The van der Waals surface area contributed by atoms with Crippen LogP contribution in [0.4, 0.5) is 8.78 Å². The number of hydrogen-bond acceptors (Lipinski definition) is 3. The van der Waals surface area contributed by atoms with Gasteiger partial charge in [0.05, 0.1) is 12.7 Å². The van der Waals surface area contributed by atoms with Crippen molar-refractivity contribution in [1.82, 2.24) is 10.6 Å². The molecule has 154 valence electrons. The third-order valence-electron chi connectivity index (χ3n) is 4.22. The van der Waals surface area contributed by atoms with Gasteiger partial charge in [-0.1, -0.05) is 13.0 Å². The van der Waals surface area contributed by atoms with E-state index in [-0.39, 0.29) is 36.0 Å². The van der Waals surface area contributed by atoms with Gasteiger partial charge in [0, 0.05) is 44.8 Å². The maximum absolute atomic E-state index is 13.8. The summed E-state index contributed by atoms with van der Waals surface area (Å²) in [5.74, 6) is -0.551. The fraction of sp³-hybridized carbons (Fsp3) is 0.632. The molecule has 0 radical (unpaired) electrons. The van der Waals surface area contributed by atoms with Crippen molar-refractivity contribution in [2.45, 2.75) is 38.7 Å². The molecular weight excluding hydrogens is 467 g/mol. The number of aliphatic imine (C=N–C) groups is 1. The number of benzene rings is 1. The van der Waals surface area contributed by atoms with Crippen LogP contribution in [0.15, 0.2) is 23.2 Å². The summed E-state index contributed by atoms with van der Waals surface area (Å²) in [6.45, 7) is 7.90. The Kier molecular flexibility index (Phi) is 11.8. The summed E-state index contributed by atoms with van der Waals surface area (Å²) >= 11 is 0. The highest BCUT2D eigenvalue weighted by molar-refractivity contribution is 14.0. The van der Waals surface area contributed by atoms with E-state index >= 15 is 0 Å². The average Bonchev–Trinajstić information content (AvgIpc) is 3.12. The Morgan fingerprint density at radius 3 is 2.85 bits per heavy atom. The number of nitrogens with one attached hydrogen (secondary N) is 2. The first-order valence-corrected chi connectivity index (χ1v) is 9.26. The first kappa shape index (κ1) is 24.0. The van der Waals surface area contributed by atoms with Gasteiger partial charge in [0.15, 0.2) is 5.96 Å². The monoisotopic (exact) mass is 497 g/mol. The van der Waals surface area contributed by atoms with Gasteiger partial charge in [0.1, 0.15) is 11.6 Å². The molecule has 1 aromatic rings. The van der Waals surface area contributed by atoms with E-state index < -0.39 is 11.6 Å². The van der Waals surface area contributed by atoms with Gasteiger partial charge in [-0.2, -0.15) is 0 Å². The Morgan fingerprint density at radius 1 is 1.37 bits per heavy atom. The lowest BCUT2D eigenvalue weighted by molar-refractivity contribution is 0.0420. The van der Waals surface area contributed by atoms with Gasteiger partial charge in [-0.3, -0.25) is 4.99 Å². The molecule has 0 saturated carbocycles. The van der Waals surface area contributed by atoms with Gasteiger partial charge in [0.25, 0.3) is 0 Å². The highest BCUT2D eigenvalue weighted by Crippen LogP contribution is 2.20. The summed E-state index contributed by atoms with van der Waals surface area (Å²) < 4.78 is 37.9. The summed E-state index contributed by atoms with van der Waals surface area (Å²) in [5.41, 5.74) is 0.471. The summed E-state index contributed by atoms with van der Waals surface area (Å²) in [6.07, 6.45) is 2.06. The quantitative estimate of drug-likeness (QED) is 0.238. The molecule has 2 unspecified atom stereocenters. The zero-order valence-corrected chi connectivity index (χ0v) is 18.3. The molecule has 0 amide bonds. The van der Waals surface area contributed by atoms with Crippen LogP contribution >= 0.6 is 24.0 Å². The van der Waals surface area contributed by atoms with E-state index in [1.807, 2.05) is 13.8 Å². The highest BCUT2D eigenvalue weighted by Gasteiger charge is 2.15. The van der Waals surface area contributed by atoms with E-state index in [0.717, 1.165) is 38.6 Å². The lowest BCUT2D eigenvalue weighted by Gasteiger charge is -2.15. The fourth-order valence-corrected chi connectivity index (χ4v) is 2.74. The van der Waals surface area contributed by atoms with Gasteiger partial charge in [-0.25, -0.2) is 8.78 Å². The molecule has 0 spiro atoms.